The number of amides is 2. The molecule has 3 aliphatic rings. The number of thioether (sulfide) groups is 1. The molecule has 116 valence electrons. The third-order valence-corrected chi connectivity index (χ3v) is 6.46. The number of rotatable bonds is 6. The van der Waals surface area contributed by atoms with Crippen molar-refractivity contribution in [2.75, 3.05) is 5.75 Å². The zero-order chi connectivity index (χ0) is 15.0. The topological polar surface area (TPSA) is 74.7 Å². The van der Waals surface area contributed by atoms with Gasteiger partial charge in [0.05, 0.1) is 11.7 Å². The molecule has 3 fully saturated rings. The summed E-state index contributed by atoms with van der Waals surface area (Å²) >= 11 is 1.49. The Hall–Kier alpha value is -1.04. The number of carboxylic acids is 1. The molecular weight excluding hydrogens is 290 g/mol. The van der Waals surface area contributed by atoms with Crippen molar-refractivity contribution in [3.8, 4) is 0 Å². The van der Waals surface area contributed by atoms with Gasteiger partial charge < -0.3 is 5.11 Å². The molecule has 2 amide bonds. The number of carbonyl (C=O) groups is 3. The van der Waals surface area contributed by atoms with Gasteiger partial charge in [-0.1, -0.05) is 12.8 Å². The highest BCUT2D eigenvalue weighted by Crippen LogP contribution is 2.52. The molecule has 0 aromatic heterocycles. The van der Waals surface area contributed by atoms with Crippen LogP contribution < -0.4 is 0 Å². The molecule has 0 bridgehead atoms. The summed E-state index contributed by atoms with van der Waals surface area (Å²) in [7, 11) is 0. The Bertz CT molecular complexity index is 468. The Kier molecular flexibility index (Phi) is 3.99. The van der Waals surface area contributed by atoms with E-state index in [1.165, 1.54) is 16.7 Å². The van der Waals surface area contributed by atoms with Crippen LogP contribution in [-0.2, 0) is 14.4 Å². The lowest BCUT2D eigenvalue weighted by atomic mass is 10.1. The van der Waals surface area contributed by atoms with Crippen LogP contribution in [0.5, 0.6) is 0 Å². The average Bonchev–Trinajstić information content (AvgIpc) is 2.84. The Balaban J connectivity index is 1.56. The summed E-state index contributed by atoms with van der Waals surface area (Å²) in [5.41, 5.74) is -0.124. The van der Waals surface area contributed by atoms with Crippen molar-refractivity contribution >= 4 is 29.5 Å². The second-order valence-electron chi connectivity index (χ2n) is 6.61. The maximum Gasteiger partial charge on any atom is 0.303 e. The first kappa shape index (κ1) is 14.9. The molecule has 1 heterocycles. The Morgan fingerprint density at radius 3 is 2.52 bits per heavy atom. The molecule has 3 rings (SSSR count). The molecule has 21 heavy (non-hydrogen) atoms. The van der Waals surface area contributed by atoms with Crippen molar-refractivity contribution in [3.63, 3.8) is 0 Å². The Labute approximate surface area is 128 Å². The van der Waals surface area contributed by atoms with Crippen LogP contribution in [0.2, 0.25) is 0 Å². The van der Waals surface area contributed by atoms with Crippen molar-refractivity contribution in [1.29, 1.82) is 0 Å². The molecule has 0 spiro atoms. The fourth-order valence-corrected chi connectivity index (χ4v) is 4.91. The molecule has 6 heteroatoms. The molecule has 1 saturated heterocycles. The molecule has 1 atom stereocenters. The Morgan fingerprint density at radius 1 is 1.29 bits per heavy atom. The van der Waals surface area contributed by atoms with Gasteiger partial charge in [-0.3, -0.25) is 19.3 Å². The number of carboxylic acid groups (broad SMARTS) is 1. The molecule has 0 aromatic rings. The standard InChI is InChI=1S/C15H21NO4S/c17-12-7-11(14(20)16(12)10-3-1-2-4-10)21-9-15(5-6-15)8-13(18)19/h10-11H,1-9H2,(H,18,19). The van der Waals surface area contributed by atoms with Gasteiger partial charge >= 0.3 is 5.97 Å². The average molecular weight is 311 g/mol. The third-order valence-electron chi connectivity index (χ3n) is 4.91. The number of imide groups is 1. The van der Waals surface area contributed by atoms with Crippen LogP contribution in [0, 0.1) is 5.41 Å². The van der Waals surface area contributed by atoms with Crippen LogP contribution in [0.15, 0.2) is 0 Å². The van der Waals surface area contributed by atoms with Gasteiger partial charge in [-0.15, -0.1) is 11.8 Å². The van der Waals surface area contributed by atoms with Gasteiger partial charge in [-0.2, -0.15) is 0 Å². The van der Waals surface area contributed by atoms with Crippen molar-refractivity contribution in [2.24, 2.45) is 5.41 Å². The zero-order valence-electron chi connectivity index (χ0n) is 12.0. The first-order valence-corrected chi connectivity index (χ1v) is 8.75. The number of aliphatic carboxylic acids is 1. The summed E-state index contributed by atoms with van der Waals surface area (Å²) in [6.07, 6.45) is 6.41. The SMILES string of the molecule is O=C(O)CC1(CSC2CC(=O)N(C3CCCC3)C2=O)CC1. The number of carbonyl (C=O) groups excluding carboxylic acids is 2. The lowest BCUT2D eigenvalue weighted by Crippen LogP contribution is -2.39. The summed E-state index contributed by atoms with van der Waals surface area (Å²) < 4.78 is 0. The highest BCUT2D eigenvalue weighted by atomic mass is 32.2. The largest absolute Gasteiger partial charge is 0.481 e. The normalized spacial score (nSPS) is 28.4. The van der Waals surface area contributed by atoms with Crippen LogP contribution in [-0.4, -0.2) is 44.8 Å². The lowest BCUT2D eigenvalue weighted by Gasteiger charge is -2.22. The van der Waals surface area contributed by atoms with E-state index >= 15 is 0 Å². The molecule has 1 aliphatic heterocycles. The molecule has 0 aromatic carbocycles. The summed E-state index contributed by atoms with van der Waals surface area (Å²) in [4.78, 5) is 36.9. The second kappa shape index (κ2) is 5.63. The van der Waals surface area contributed by atoms with Crippen LogP contribution >= 0.6 is 11.8 Å². The molecule has 1 N–H and O–H groups in total. The van der Waals surface area contributed by atoms with Gasteiger partial charge in [-0.25, -0.2) is 0 Å². The first-order chi connectivity index (χ1) is 10.0. The van der Waals surface area contributed by atoms with Gasteiger partial charge in [0.15, 0.2) is 0 Å². The van der Waals surface area contributed by atoms with E-state index in [9.17, 15) is 14.4 Å². The number of hydrogen-bond donors (Lipinski definition) is 1. The van der Waals surface area contributed by atoms with Crippen LogP contribution in [0.4, 0.5) is 0 Å². The third kappa shape index (κ3) is 3.10. The van der Waals surface area contributed by atoms with Gasteiger partial charge in [0.1, 0.15) is 0 Å². The maximum atomic E-state index is 12.4. The summed E-state index contributed by atoms with van der Waals surface area (Å²) in [6, 6.07) is 0.115. The van der Waals surface area contributed by atoms with E-state index in [4.69, 9.17) is 5.11 Å². The van der Waals surface area contributed by atoms with E-state index < -0.39 is 5.97 Å². The van der Waals surface area contributed by atoms with E-state index in [1.54, 1.807) is 0 Å². The quantitative estimate of drug-likeness (QED) is 0.760. The zero-order valence-corrected chi connectivity index (χ0v) is 12.9. The van der Waals surface area contributed by atoms with E-state index in [-0.39, 0.29) is 34.9 Å². The monoisotopic (exact) mass is 311 g/mol. The van der Waals surface area contributed by atoms with E-state index in [0.717, 1.165) is 38.5 Å². The van der Waals surface area contributed by atoms with E-state index in [2.05, 4.69) is 0 Å². The number of nitrogens with zero attached hydrogens (tertiary/aromatic N) is 1. The van der Waals surface area contributed by atoms with Crippen LogP contribution in [0.1, 0.15) is 51.4 Å². The van der Waals surface area contributed by atoms with Crippen LogP contribution in [0.25, 0.3) is 0 Å². The fraction of sp³-hybridized carbons (Fsp3) is 0.800. The van der Waals surface area contributed by atoms with Gasteiger partial charge in [0.2, 0.25) is 11.8 Å². The first-order valence-electron chi connectivity index (χ1n) is 7.70. The van der Waals surface area contributed by atoms with Crippen molar-refractivity contribution in [3.05, 3.63) is 0 Å². The maximum absolute atomic E-state index is 12.4. The van der Waals surface area contributed by atoms with Crippen molar-refractivity contribution < 1.29 is 19.5 Å². The summed E-state index contributed by atoms with van der Waals surface area (Å²) in [6.45, 7) is 0. The summed E-state index contributed by atoms with van der Waals surface area (Å²) in [5.74, 6) is -0.161. The lowest BCUT2D eigenvalue weighted by molar-refractivity contribution is -0.141. The molecule has 2 aliphatic carbocycles. The molecule has 5 nitrogen and oxygen atoms in total. The minimum absolute atomic E-state index is 0.0347. The highest BCUT2D eigenvalue weighted by Gasteiger charge is 2.48. The minimum Gasteiger partial charge on any atom is -0.481 e. The number of likely N-dealkylation sites (tertiary alicyclic amines) is 1. The molecule has 1 unspecified atom stereocenters. The Morgan fingerprint density at radius 2 is 1.95 bits per heavy atom. The molecular formula is C15H21NO4S. The van der Waals surface area contributed by atoms with Gasteiger partial charge in [0.25, 0.3) is 0 Å². The van der Waals surface area contributed by atoms with Crippen molar-refractivity contribution in [1.82, 2.24) is 4.90 Å². The molecule has 0 radical (unpaired) electrons. The highest BCUT2D eigenvalue weighted by molar-refractivity contribution is 8.00. The fourth-order valence-electron chi connectivity index (χ4n) is 3.45. The smallest absolute Gasteiger partial charge is 0.303 e. The minimum atomic E-state index is -0.769. The van der Waals surface area contributed by atoms with Crippen LogP contribution in [0.3, 0.4) is 0 Å². The number of hydrogen-bond acceptors (Lipinski definition) is 4. The summed E-state index contributed by atoms with van der Waals surface area (Å²) in [5, 5.41) is 8.63. The molecule has 2 saturated carbocycles. The second-order valence-corrected chi connectivity index (χ2v) is 7.81. The predicted molar refractivity (Wildman–Crippen MR) is 78.9 cm³/mol. The predicted octanol–water partition coefficient (Wildman–Crippen LogP) is 2.04. The van der Waals surface area contributed by atoms with Gasteiger partial charge in [-0.05, 0) is 31.1 Å². The van der Waals surface area contributed by atoms with E-state index in [1.807, 2.05) is 0 Å². The van der Waals surface area contributed by atoms with E-state index in [0.29, 0.717) is 12.2 Å². The van der Waals surface area contributed by atoms with Crippen molar-refractivity contribution in [2.45, 2.75) is 62.7 Å². The van der Waals surface area contributed by atoms with Gasteiger partial charge in [0, 0.05) is 18.2 Å².